The molecule has 174 valence electrons. The lowest BCUT2D eigenvalue weighted by Gasteiger charge is -2.42. The van der Waals surface area contributed by atoms with Gasteiger partial charge in [-0.3, -0.25) is 4.79 Å². The zero-order valence-electron chi connectivity index (χ0n) is 19.7. The van der Waals surface area contributed by atoms with E-state index in [0.29, 0.717) is 24.6 Å². The van der Waals surface area contributed by atoms with Crippen molar-refractivity contribution in [1.82, 2.24) is 4.98 Å². The van der Waals surface area contributed by atoms with Crippen LogP contribution in [0.4, 0.5) is 5.69 Å². The van der Waals surface area contributed by atoms with Crippen LogP contribution in [0.2, 0.25) is 0 Å². The Balaban J connectivity index is 1.58. The standard InChI is InChI=1S/C25H36N4O3/c1-23(2)31-16-25(4,32-23)24(3)13-8-11-18(15-24)29-21(26)20-19(12-14-27-22(20)30)28-17-9-6-5-7-10-17/h8,11-14,17H,5-7,9-10,15-16H2,1-4H3,(H2,26,29)(H2,27,28,30). The van der Waals surface area contributed by atoms with E-state index in [2.05, 4.69) is 30.2 Å². The van der Waals surface area contributed by atoms with Crippen molar-refractivity contribution in [3.63, 3.8) is 0 Å². The molecule has 32 heavy (non-hydrogen) atoms. The summed E-state index contributed by atoms with van der Waals surface area (Å²) < 4.78 is 12.2. The van der Waals surface area contributed by atoms with Gasteiger partial charge in [0.25, 0.3) is 5.56 Å². The fraction of sp³-hybridized carbons (Fsp3) is 0.600. The smallest absolute Gasteiger partial charge is 0.261 e. The van der Waals surface area contributed by atoms with E-state index in [0.717, 1.165) is 24.2 Å². The van der Waals surface area contributed by atoms with Crippen LogP contribution in [0, 0.1) is 5.41 Å². The van der Waals surface area contributed by atoms with E-state index in [-0.39, 0.29) is 16.8 Å². The summed E-state index contributed by atoms with van der Waals surface area (Å²) in [5, 5.41) is 3.53. The van der Waals surface area contributed by atoms with Crippen LogP contribution in [0.15, 0.2) is 46.0 Å². The van der Waals surface area contributed by atoms with Gasteiger partial charge in [0, 0.05) is 29.8 Å². The number of nitrogens with one attached hydrogen (secondary N) is 2. The molecule has 1 aromatic heterocycles. The van der Waals surface area contributed by atoms with Crippen molar-refractivity contribution in [3.05, 3.63) is 52.1 Å². The molecule has 3 aliphatic rings. The van der Waals surface area contributed by atoms with Gasteiger partial charge < -0.3 is 25.5 Å². The number of hydrogen-bond donors (Lipinski definition) is 3. The Kier molecular flexibility index (Phi) is 6.07. The van der Waals surface area contributed by atoms with Gasteiger partial charge in [-0.05, 0) is 45.8 Å². The summed E-state index contributed by atoms with van der Waals surface area (Å²) in [5.74, 6) is -0.394. The van der Waals surface area contributed by atoms with Gasteiger partial charge in [-0.25, -0.2) is 4.99 Å². The first-order valence-corrected chi connectivity index (χ1v) is 11.7. The topological polar surface area (TPSA) is 102 Å². The number of ether oxygens (including phenoxy) is 2. The SMILES string of the molecule is CC1(C)OCC(C)(C2(C)C=CC=C(N=C(N)c3c(NC4CCCCC4)cc[nH]c3=O)C2)O1. The molecule has 1 aromatic rings. The van der Waals surface area contributed by atoms with E-state index < -0.39 is 11.4 Å². The van der Waals surface area contributed by atoms with Gasteiger partial charge in [0.2, 0.25) is 0 Å². The van der Waals surface area contributed by atoms with Gasteiger partial charge in [0.1, 0.15) is 17.0 Å². The first kappa shape index (κ1) is 22.8. The molecule has 7 nitrogen and oxygen atoms in total. The zero-order chi connectivity index (χ0) is 23.0. The molecule has 2 unspecified atom stereocenters. The predicted octanol–water partition coefficient (Wildman–Crippen LogP) is 4.22. The molecular formula is C25H36N4O3. The van der Waals surface area contributed by atoms with E-state index in [9.17, 15) is 4.79 Å². The first-order chi connectivity index (χ1) is 15.1. The van der Waals surface area contributed by atoms with Gasteiger partial charge in [0.05, 0.1) is 12.3 Å². The molecule has 0 aromatic carbocycles. The number of aliphatic imine (C=N–C) groups is 1. The van der Waals surface area contributed by atoms with Crippen LogP contribution in [0.1, 0.15) is 71.8 Å². The highest BCUT2D eigenvalue weighted by atomic mass is 16.8. The number of allylic oxidation sites excluding steroid dienone is 3. The predicted molar refractivity (Wildman–Crippen MR) is 128 cm³/mol. The van der Waals surface area contributed by atoms with Crippen molar-refractivity contribution < 1.29 is 9.47 Å². The molecule has 1 aliphatic heterocycles. The molecule has 0 amide bonds. The number of hydrogen-bond acceptors (Lipinski definition) is 5. The van der Waals surface area contributed by atoms with Crippen molar-refractivity contribution in [1.29, 1.82) is 0 Å². The molecule has 0 bridgehead atoms. The Morgan fingerprint density at radius 2 is 1.97 bits per heavy atom. The van der Waals surface area contributed by atoms with Crippen LogP contribution in [-0.2, 0) is 9.47 Å². The average Bonchev–Trinajstić information content (AvgIpc) is 3.03. The van der Waals surface area contributed by atoms with Gasteiger partial charge >= 0.3 is 0 Å². The molecule has 7 heteroatoms. The highest BCUT2D eigenvalue weighted by Gasteiger charge is 2.53. The van der Waals surface area contributed by atoms with Crippen molar-refractivity contribution in [3.8, 4) is 0 Å². The monoisotopic (exact) mass is 440 g/mol. The number of rotatable bonds is 5. The number of nitrogens with two attached hydrogens (primary N) is 1. The number of H-pyrrole nitrogens is 1. The summed E-state index contributed by atoms with van der Waals surface area (Å²) >= 11 is 0. The highest BCUT2D eigenvalue weighted by molar-refractivity contribution is 6.02. The average molecular weight is 441 g/mol. The molecule has 1 saturated carbocycles. The van der Waals surface area contributed by atoms with Crippen molar-refractivity contribution in [2.75, 3.05) is 11.9 Å². The van der Waals surface area contributed by atoms with Crippen molar-refractivity contribution in [2.24, 2.45) is 16.1 Å². The minimum atomic E-state index is -0.619. The number of aromatic amines is 1. The number of pyridine rings is 1. The third kappa shape index (κ3) is 4.55. The third-order valence-corrected chi connectivity index (χ3v) is 7.12. The summed E-state index contributed by atoms with van der Waals surface area (Å²) in [6, 6.07) is 2.24. The summed E-state index contributed by atoms with van der Waals surface area (Å²) in [4.78, 5) is 20.1. The van der Waals surface area contributed by atoms with Gasteiger partial charge in [-0.2, -0.15) is 0 Å². The lowest BCUT2D eigenvalue weighted by atomic mass is 9.69. The quantitative estimate of drug-likeness (QED) is 0.470. The van der Waals surface area contributed by atoms with Crippen LogP contribution >= 0.6 is 0 Å². The maximum absolute atomic E-state index is 12.7. The van der Waals surface area contributed by atoms with E-state index >= 15 is 0 Å². The van der Waals surface area contributed by atoms with Crippen LogP contribution in [-0.4, -0.2) is 34.9 Å². The zero-order valence-corrected chi connectivity index (χ0v) is 19.7. The van der Waals surface area contributed by atoms with Gasteiger partial charge in [-0.1, -0.05) is 38.3 Å². The van der Waals surface area contributed by atoms with Gasteiger partial charge in [-0.15, -0.1) is 0 Å². The fourth-order valence-electron chi connectivity index (χ4n) is 5.03. The molecule has 0 radical (unpaired) electrons. The lowest BCUT2D eigenvalue weighted by molar-refractivity contribution is -0.176. The molecule has 0 spiro atoms. The second-order valence-corrected chi connectivity index (χ2v) is 10.2. The molecule has 2 atom stereocenters. The lowest BCUT2D eigenvalue weighted by Crippen LogP contribution is -2.47. The Bertz CT molecular complexity index is 1000. The fourth-order valence-corrected chi connectivity index (χ4v) is 5.03. The Labute approximate surface area is 190 Å². The maximum atomic E-state index is 12.7. The van der Waals surface area contributed by atoms with Gasteiger partial charge in [0.15, 0.2) is 5.79 Å². The Morgan fingerprint density at radius 3 is 2.66 bits per heavy atom. The molecule has 2 aliphatic carbocycles. The van der Waals surface area contributed by atoms with E-state index in [1.54, 1.807) is 6.20 Å². The summed E-state index contributed by atoms with van der Waals surface area (Å²) in [5.41, 5.74) is 7.34. The summed E-state index contributed by atoms with van der Waals surface area (Å²) in [6.07, 6.45) is 14.3. The Hall–Kier alpha value is -2.38. The summed E-state index contributed by atoms with van der Waals surface area (Å²) in [7, 11) is 0. The minimum Gasteiger partial charge on any atom is -0.383 e. The first-order valence-electron chi connectivity index (χ1n) is 11.7. The number of amidine groups is 1. The molecule has 2 fully saturated rings. The number of aromatic nitrogens is 1. The molecule has 2 heterocycles. The second-order valence-electron chi connectivity index (χ2n) is 10.2. The summed E-state index contributed by atoms with van der Waals surface area (Å²) in [6.45, 7) is 8.60. The minimum absolute atomic E-state index is 0.225. The maximum Gasteiger partial charge on any atom is 0.261 e. The molecule has 1 saturated heterocycles. The highest BCUT2D eigenvalue weighted by Crippen LogP contribution is 2.49. The van der Waals surface area contributed by atoms with Crippen molar-refractivity contribution >= 4 is 11.5 Å². The molecule has 4 N–H and O–H groups in total. The van der Waals surface area contributed by atoms with Crippen LogP contribution < -0.4 is 16.6 Å². The molecule has 4 rings (SSSR count). The number of nitrogens with zero attached hydrogens (tertiary/aromatic N) is 1. The number of anilines is 1. The van der Waals surface area contributed by atoms with E-state index in [4.69, 9.17) is 20.2 Å². The molecular weight excluding hydrogens is 404 g/mol. The third-order valence-electron chi connectivity index (χ3n) is 7.12. The van der Waals surface area contributed by atoms with E-state index in [1.807, 2.05) is 32.1 Å². The van der Waals surface area contributed by atoms with E-state index in [1.165, 1.54) is 19.3 Å². The van der Waals surface area contributed by atoms with Crippen LogP contribution in [0.5, 0.6) is 0 Å². The Morgan fingerprint density at radius 1 is 1.22 bits per heavy atom. The normalized spacial score (nSPS) is 30.9. The largest absolute Gasteiger partial charge is 0.383 e. The van der Waals surface area contributed by atoms with Crippen LogP contribution in [0.25, 0.3) is 0 Å². The second kappa shape index (κ2) is 8.52. The van der Waals surface area contributed by atoms with Crippen molar-refractivity contribution in [2.45, 2.75) is 83.6 Å². The van der Waals surface area contributed by atoms with Crippen LogP contribution in [0.3, 0.4) is 0 Å².